The van der Waals surface area contributed by atoms with Crippen molar-refractivity contribution >= 4 is 29.7 Å². The lowest BCUT2D eigenvalue weighted by Crippen LogP contribution is -2.41. The summed E-state index contributed by atoms with van der Waals surface area (Å²) >= 11 is 6.17. The van der Waals surface area contributed by atoms with Gasteiger partial charge in [-0.15, -0.1) is 0 Å². The highest BCUT2D eigenvalue weighted by Gasteiger charge is 2.23. The molecule has 0 saturated carbocycles. The van der Waals surface area contributed by atoms with Crippen LogP contribution in [0.25, 0.3) is 6.08 Å². The maximum absolute atomic E-state index is 12.0. The van der Waals surface area contributed by atoms with Gasteiger partial charge in [-0.25, -0.2) is 4.79 Å². The predicted molar refractivity (Wildman–Crippen MR) is 92.0 cm³/mol. The molecule has 0 bridgehead atoms. The standard InChI is InChI=1S/C17H19ClN2O5/c1-11(10-20-4-5-25-17(20)22)19-15(21)3-2-12-8-13(18)16-14(9-12)23-6-7-24-16/h2-3,8-9,11H,4-7,10H2,1H3,(H,19,21)/b3-2-/t11-/m0/s1. The van der Waals surface area contributed by atoms with Crippen LogP contribution in [0.1, 0.15) is 12.5 Å². The number of nitrogens with zero attached hydrogens (tertiary/aromatic N) is 1. The van der Waals surface area contributed by atoms with Gasteiger partial charge in [0.1, 0.15) is 19.8 Å². The number of amides is 2. The number of carbonyl (C=O) groups is 2. The number of halogens is 1. The van der Waals surface area contributed by atoms with Gasteiger partial charge in [0.05, 0.1) is 11.6 Å². The zero-order valence-electron chi connectivity index (χ0n) is 13.8. The second-order valence-electron chi connectivity index (χ2n) is 5.83. The van der Waals surface area contributed by atoms with Crippen molar-refractivity contribution in [1.82, 2.24) is 10.2 Å². The number of hydrogen-bond acceptors (Lipinski definition) is 5. The molecule has 1 saturated heterocycles. The lowest BCUT2D eigenvalue weighted by molar-refractivity contribution is -0.117. The summed E-state index contributed by atoms with van der Waals surface area (Å²) in [5.41, 5.74) is 0.736. The number of nitrogens with one attached hydrogen (secondary N) is 1. The van der Waals surface area contributed by atoms with Crippen molar-refractivity contribution in [3.05, 3.63) is 28.8 Å². The first-order valence-electron chi connectivity index (χ1n) is 8.02. The van der Waals surface area contributed by atoms with Gasteiger partial charge in [0.25, 0.3) is 0 Å². The van der Waals surface area contributed by atoms with Gasteiger partial charge in [-0.2, -0.15) is 0 Å². The molecule has 0 unspecified atom stereocenters. The average molecular weight is 367 g/mol. The van der Waals surface area contributed by atoms with Gasteiger partial charge in [-0.05, 0) is 30.7 Å². The van der Waals surface area contributed by atoms with E-state index in [-0.39, 0.29) is 18.0 Å². The molecule has 0 aliphatic carbocycles. The molecular formula is C17H19ClN2O5. The highest BCUT2D eigenvalue weighted by atomic mass is 35.5. The van der Waals surface area contributed by atoms with E-state index >= 15 is 0 Å². The van der Waals surface area contributed by atoms with Crippen LogP contribution in [-0.2, 0) is 9.53 Å². The Bertz CT molecular complexity index is 707. The van der Waals surface area contributed by atoms with E-state index in [0.717, 1.165) is 5.56 Å². The molecular weight excluding hydrogens is 348 g/mol. The van der Waals surface area contributed by atoms with Gasteiger partial charge in [0.15, 0.2) is 11.5 Å². The zero-order chi connectivity index (χ0) is 17.8. The first-order valence-corrected chi connectivity index (χ1v) is 8.40. The van der Waals surface area contributed by atoms with Crippen LogP contribution in [0.3, 0.4) is 0 Å². The Morgan fingerprint density at radius 2 is 2.12 bits per heavy atom. The molecule has 2 amide bonds. The minimum absolute atomic E-state index is 0.188. The Hall–Kier alpha value is -2.41. The van der Waals surface area contributed by atoms with Crippen LogP contribution in [0.2, 0.25) is 5.02 Å². The molecule has 8 heteroatoms. The van der Waals surface area contributed by atoms with Crippen molar-refractivity contribution in [1.29, 1.82) is 0 Å². The molecule has 2 aliphatic heterocycles. The molecule has 1 atom stereocenters. The molecule has 2 heterocycles. The lowest BCUT2D eigenvalue weighted by Gasteiger charge is -2.20. The minimum Gasteiger partial charge on any atom is -0.486 e. The van der Waals surface area contributed by atoms with Gasteiger partial charge in [-0.3, -0.25) is 4.79 Å². The summed E-state index contributed by atoms with van der Waals surface area (Å²) in [6.07, 6.45) is 2.72. The van der Waals surface area contributed by atoms with Gasteiger partial charge in [-0.1, -0.05) is 11.6 Å². The van der Waals surface area contributed by atoms with E-state index < -0.39 is 0 Å². The number of benzene rings is 1. The third kappa shape index (κ3) is 4.36. The molecule has 0 spiro atoms. The van der Waals surface area contributed by atoms with Crippen LogP contribution >= 0.6 is 11.6 Å². The van der Waals surface area contributed by atoms with Gasteiger partial charge in [0.2, 0.25) is 5.91 Å². The van der Waals surface area contributed by atoms with Crippen molar-refractivity contribution in [2.75, 3.05) is 32.9 Å². The normalized spacial score (nSPS) is 17.5. The van der Waals surface area contributed by atoms with Crippen molar-refractivity contribution in [3.8, 4) is 11.5 Å². The quantitative estimate of drug-likeness (QED) is 0.807. The SMILES string of the molecule is C[C@@H](CN1CCOC1=O)NC(=O)/C=C\c1cc(Cl)c2c(c1)OCCO2. The van der Waals surface area contributed by atoms with Crippen LogP contribution in [0.4, 0.5) is 4.79 Å². The molecule has 1 aromatic rings. The smallest absolute Gasteiger partial charge is 0.410 e. The van der Waals surface area contributed by atoms with Crippen LogP contribution in [0, 0.1) is 0 Å². The summed E-state index contributed by atoms with van der Waals surface area (Å²) in [6.45, 7) is 4.11. The molecule has 134 valence electrons. The predicted octanol–water partition coefficient (Wildman–Crippen LogP) is 2.08. The fourth-order valence-corrected chi connectivity index (χ4v) is 2.93. The first-order chi connectivity index (χ1) is 12.0. The highest BCUT2D eigenvalue weighted by Crippen LogP contribution is 2.38. The monoisotopic (exact) mass is 366 g/mol. The number of hydrogen-bond donors (Lipinski definition) is 1. The molecule has 1 aromatic carbocycles. The number of rotatable bonds is 5. The van der Waals surface area contributed by atoms with E-state index in [0.29, 0.717) is 49.4 Å². The van der Waals surface area contributed by atoms with E-state index in [1.165, 1.54) is 6.08 Å². The van der Waals surface area contributed by atoms with E-state index in [9.17, 15) is 9.59 Å². The van der Waals surface area contributed by atoms with E-state index in [2.05, 4.69) is 5.32 Å². The van der Waals surface area contributed by atoms with Crippen molar-refractivity contribution < 1.29 is 23.8 Å². The zero-order valence-corrected chi connectivity index (χ0v) is 14.5. The Balaban J connectivity index is 1.57. The highest BCUT2D eigenvalue weighted by molar-refractivity contribution is 6.32. The third-order valence-corrected chi connectivity index (χ3v) is 4.05. The van der Waals surface area contributed by atoms with Crippen LogP contribution in [0.5, 0.6) is 11.5 Å². The topological polar surface area (TPSA) is 77.1 Å². The summed E-state index contributed by atoms with van der Waals surface area (Å²) in [6, 6.07) is 3.29. The second-order valence-corrected chi connectivity index (χ2v) is 6.24. The first kappa shape index (κ1) is 17.4. The molecule has 1 N–H and O–H groups in total. The van der Waals surface area contributed by atoms with E-state index in [1.54, 1.807) is 23.1 Å². The number of cyclic esters (lactones) is 1. The largest absolute Gasteiger partial charge is 0.486 e. The summed E-state index contributed by atoms with van der Waals surface area (Å²) < 4.78 is 15.8. The number of fused-ring (bicyclic) bond motifs is 1. The van der Waals surface area contributed by atoms with Crippen molar-refractivity contribution in [3.63, 3.8) is 0 Å². The third-order valence-electron chi connectivity index (χ3n) is 3.77. The Morgan fingerprint density at radius 3 is 2.88 bits per heavy atom. The van der Waals surface area contributed by atoms with Gasteiger partial charge < -0.3 is 24.4 Å². The Kier molecular flexibility index (Phi) is 5.33. The average Bonchev–Trinajstić information content (AvgIpc) is 2.98. The van der Waals surface area contributed by atoms with Crippen molar-refractivity contribution in [2.45, 2.75) is 13.0 Å². The Morgan fingerprint density at radius 1 is 1.32 bits per heavy atom. The molecule has 7 nitrogen and oxygen atoms in total. The van der Waals surface area contributed by atoms with Crippen LogP contribution < -0.4 is 14.8 Å². The molecule has 1 fully saturated rings. The maximum atomic E-state index is 12.0. The fourth-order valence-electron chi connectivity index (χ4n) is 2.66. The second kappa shape index (κ2) is 7.65. The van der Waals surface area contributed by atoms with Gasteiger partial charge in [0, 0.05) is 18.7 Å². The minimum atomic E-state index is -0.345. The molecule has 25 heavy (non-hydrogen) atoms. The Labute approximate surface area is 150 Å². The van der Waals surface area contributed by atoms with E-state index in [4.69, 9.17) is 25.8 Å². The summed E-state index contributed by atoms with van der Waals surface area (Å²) in [5, 5.41) is 3.25. The number of carbonyl (C=O) groups excluding carboxylic acids is 2. The molecule has 3 rings (SSSR count). The fraction of sp³-hybridized carbons (Fsp3) is 0.412. The summed E-state index contributed by atoms with van der Waals surface area (Å²) in [4.78, 5) is 25.0. The van der Waals surface area contributed by atoms with E-state index in [1.807, 2.05) is 6.92 Å². The molecule has 0 aromatic heterocycles. The number of ether oxygens (including phenoxy) is 3. The summed E-state index contributed by atoms with van der Waals surface area (Å²) in [7, 11) is 0. The van der Waals surface area contributed by atoms with Gasteiger partial charge >= 0.3 is 6.09 Å². The van der Waals surface area contributed by atoms with Crippen molar-refractivity contribution in [2.24, 2.45) is 0 Å². The molecule has 2 aliphatic rings. The summed E-state index contributed by atoms with van der Waals surface area (Å²) in [5.74, 6) is 0.839. The van der Waals surface area contributed by atoms with Crippen LogP contribution in [0.15, 0.2) is 18.2 Å². The lowest BCUT2D eigenvalue weighted by atomic mass is 10.1. The molecule has 0 radical (unpaired) electrons. The maximum Gasteiger partial charge on any atom is 0.410 e. The van der Waals surface area contributed by atoms with Crippen LogP contribution in [-0.4, -0.2) is 55.9 Å².